The number of fused-ring (bicyclic) bond motifs is 1. The zero-order valence-electron chi connectivity index (χ0n) is 13.0. The molecule has 2 amide bonds. The average molecular weight is 315 g/mol. The van der Waals surface area contributed by atoms with Crippen LogP contribution >= 0.6 is 0 Å². The molecule has 2 aliphatic heterocycles. The van der Waals surface area contributed by atoms with Crippen LogP contribution in [0.5, 0.6) is 5.75 Å². The summed E-state index contributed by atoms with van der Waals surface area (Å²) in [6, 6.07) is 6.53. The maximum absolute atomic E-state index is 12.2. The fourth-order valence-corrected chi connectivity index (χ4v) is 3.38. The van der Waals surface area contributed by atoms with Crippen LogP contribution in [0.4, 0.5) is 5.69 Å². The van der Waals surface area contributed by atoms with Crippen molar-refractivity contribution in [2.75, 3.05) is 25.0 Å². The molecular weight excluding hydrogens is 294 g/mol. The van der Waals surface area contributed by atoms with Gasteiger partial charge in [-0.3, -0.25) is 14.5 Å². The first-order chi connectivity index (χ1) is 11.2. The number of nitrogens with zero attached hydrogens (tertiary/aromatic N) is 1. The summed E-state index contributed by atoms with van der Waals surface area (Å²) in [5.74, 6) is 0.533. The quantitative estimate of drug-likeness (QED) is 0.866. The number of rotatable bonds is 4. The summed E-state index contributed by atoms with van der Waals surface area (Å²) in [6.07, 6.45) is 3.98. The summed E-state index contributed by atoms with van der Waals surface area (Å²) in [4.78, 5) is 26.1. The van der Waals surface area contributed by atoms with Gasteiger partial charge in [0.2, 0.25) is 5.91 Å². The van der Waals surface area contributed by atoms with Crippen LogP contribution in [-0.4, -0.2) is 48.5 Å². The lowest BCUT2D eigenvalue weighted by atomic mass is 10.1. The van der Waals surface area contributed by atoms with Crippen LogP contribution in [0.25, 0.3) is 0 Å². The van der Waals surface area contributed by atoms with E-state index >= 15 is 0 Å². The predicted molar refractivity (Wildman–Crippen MR) is 85.4 cm³/mol. The number of hydrogen-bond donors (Lipinski definition) is 2. The molecule has 0 bridgehead atoms. The van der Waals surface area contributed by atoms with Gasteiger partial charge in [-0.05, 0) is 37.0 Å². The lowest BCUT2D eigenvalue weighted by Crippen LogP contribution is -2.38. The lowest BCUT2D eigenvalue weighted by Gasteiger charge is -2.19. The number of anilines is 1. The zero-order chi connectivity index (χ0) is 15.8. The Morgan fingerprint density at radius 3 is 3.04 bits per heavy atom. The van der Waals surface area contributed by atoms with Gasteiger partial charge in [0, 0.05) is 25.2 Å². The molecule has 1 atom stereocenters. The SMILES string of the molecule is O=C1COc2ccc(CC(=O)N[C@@H]3CCN(C4CC4)C3)cc2N1. The van der Waals surface area contributed by atoms with Crippen molar-refractivity contribution in [3.8, 4) is 5.75 Å². The number of ether oxygens (including phenoxy) is 1. The lowest BCUT2D eigenvalue weighted by molar-refractivity contribution is -0.121. The summed E-state index contributed by atoms with van der Waals surface area (Å²) in [6.45, 7) is 2.12. The Bertz CT molecular complexity index is 642. The van der Waals surface area contributed by atoms with Crippen molar-refractivity contribution in [1.29, 1.82) is 0 Å². The molecule has 1 saturated carbocycles. The topological polar surface area (TPSA) is 70.7 Å². The van der Waals surface area contributed by atoms with Gasteiger partial charge in [-0.15, -0.1) is 0 Å². The Balaban J connectivity index is 1.33. The number of carbonyl (C=O) groups is 2. The fourth-order valence-electron chi connectivity index (χ4n) is 3.38. The molecule has 6 nitrogen and oxygen atoms in total. The predicted octanol–water partition coefficient (Wildman–Crippen LogP) is 0.913. The minimum absolute atomic E-state index is 0.0376. The normalized spacial score (nSPS) is 23.8. The third kappa shape index (κ3) is 3.32. The van der Waals surface area contributed by atoms with Gasteiger partial charge in [0.15, 0.2) is 6.61 Å². The second-order valence-electron chi connectivity index (χ2n) is 6.62. The first-order valence-electron chi connectivity index (χ1n) is 8.26. The van der Waals surface area contributed by atoms with Gasteiger partial charge in [0.05, 0.1) is 12.1 Å². The number of likely N-dealkylation sites (tertiary alicyclic amines) is 1. The highest BCUT2D eigenvalue weighted by Gasteiger charge is 2.34. The maximum atomic E-state index is 12.2. The molecule has 6 heteroatoms. The van der Waals surface area contributed by atoms with Gasteiger partial charge in [-0.25, -0.2) is 0 Å². The Morgan fingerprint density at radius 1 is 1.35 bits per heavy atom. The maximum Gasteiger partial charge on any atom is 0.262 e. The van der Waals surface area contributed by atoms with E-state index in [4.69, 9.17) is 4.74 Å². The molecule has 2 heterocycles. The standard InChI is InChI=1S/C17H21N3O3/c21-16(18-12-5-6-20(9-12)13-2-3-13)8-11-1-4-15-14(7-11)19-17(22)10-23-15/h1,4,7,12-13H,2-3,5-6,8-10H2,(H,18,21)(H,19,22)/t12-/m1/s1. The van der Waals surface area contributed by atoms with Crippen molar-refractivity contribution < 1.29 is 14.3 Å². The van der Waals surface area contributed by atoms with Crippen LogP contribution in [0.2, 0.25) is 0 Å². The number of benzene rings is 1. The van der Waals surface area contributed by atoms with E-state index in [9.17, 15) is 9.59 Å². The van der Waals surface area contributed by atoms with Gasteiger partial charge in [-0.2, -0.15) is 0 Å². The molecule has 23 heavy (non-hydrogen) atoms. The van der Waals surface area contributed by atoms with Crippen LogP contribution < -0.4 is 15.4 Å². The van der Waals surface area contributed by atoms with Crippen molar-refractivity contribution >= 4 is 17.5 Å². The summed E-state index contributed by atoms with van der Waals surface area (Å²) in [5.41, 5.74) is 1.52. The molecule has 0 spiro atoms. The van der Waals surface area contributed by atoms with Crippen LogP contribution in [-0.2, 0) is 16.0 Å². The van der Waals surface area contributed by atoms with Crippen molar-refractivity contribution in [3.05, 3.63) is 23.8 Å². The van der Waals surface area contributed by atoms with Crippen LogP contribution in [0, 0.1) is 0 Å². The van der Waals surface area contributed by atoms with Gasteiger partial charge >= 0.3 is 0 Å². The monoisotopic (exact) mass is 315 g/mol. The van der Waals surface area contributed by atoms with E-state index in [1.54, 1.807) is 0 Å². The number of hydrogen-bond acceptors (Lipinski definition) is 4. The van der Waals surface area contributed by atoms with E-state index in [0.29, 0.717) is 17.9 Å². The summed E-state index contributed by atoms with van der Waals surface area (Å²) in [5, 5.41) is 5.90. The second kappa shape index (κ2) is 5.85. The van der Waals surface area contributed by atoms with Gasteiger partial charge in [0.1, 0.15) is 5.75 Å². The van der Waals surface area contributed by atoms with Gasteiger partial charge in [0.25, 0.3) is 5.91 Å². The molecular formula is C17H21N3O3. The smallest absolute Gasteiger partial charge is 0.262 e. The van der Waals surface area contributed by atoms with Gasteiger partial charge < -0.3 is 15.4 Å². The molecule has 0 radical (unpaired) electrons. The number of carbonyl (C=O) groups excluding carboxylic acids is 2. The second-order valence-corrected chi connectivity index (χ2v) is 6.62. The highest BCUT2D eigenvalue weighted by atomic mass is 16.5. The van der Waals surface area contributed by atoms with Crippen molar-refractivity contribution in [1.82, 2.24) is 10.2 Å². The molecule has 3 aliphatic rings. The molecule has 1 saturated heterocycles. The Labute approximate surface area is 135 Å². The third-order valence-corrected chi connectivity index (χ3v) is 4.69. The first kappa shape index (κ1) is 14.5. The van der Waals surface area contributed by atoms with Crippen molar-refractivity contribution in [3.63, 3.8) is 0 Å². The molecule has 1 aromatic carbocycles. The molecule has 2 N–H and O–H groups in total. The molecule has 1 aromatic rings. The minimum Gasteiger partial charge on any atom is -0.482 e. The molecule has 2 fully saturated rings. The highest BCUT2D eigenvalue weighted by Crippen LogP contribution is 2.30. The molecule has 122 valence electrons. The Hall–Kier alpha value is -2.08. The largest absolute Gasteiger partial charge is 0.482 e. The zero-order valence-corrected chi connectivity index (χ0v) is 13.0. The van der Waals surface area contributed by atoms with Crippen LogP contribution in [0.1, 0.15) is 24.8 Å². The Morgan fingerprint density at radius 2 is 2.22 bits per heavy atom. The number of nitrogens with one attached hydrogen (secondary N) is 2. The van der Waals surface area contributed by atoms with Gasteiger partial charge in [-0.1, -0.05) is 6.07 Å². The van der Waals surface area contributed by atoms with Crippen LogP contribution in [0.15, 0.2) is 18.2 Å². The molecule has 0 unspecified atom stereocenters. The van der Waals surface area contributed by atoms with E-state index in [2.05, 4.69) is 15.5 Å². The molecule has 0 aromatic heterocycles. The summed E-state index contributed by atoms with van der Waals surface area (Å²) < 4.78 is 5.33. The molecule has 4 rings (SSSR count). The van der Waals surface area contributed by atoms with Crippen molar-refractivity contribution in [2.24, 2.45) is 0 Å². The summed E-state index contributed by atoms with van der Waals surface area (Å²) in [7, 11) is 0. The summed E-state index contributed by atoms with van der Waals surface area (Å²) >= 11 is 0. The Kier molecular flexibility index (Phi) is 3.69. The van der Waals surface area contributed by atoms with E-state index in [1.807, 2.05) is 18.2 Å². The van der Waals surface area contributed by atoms with E-state index < -0.39 is 0 Å². The highest BCUT2D eigenvalue weighted by molar-refractivity contribution is 5.95. The van der Waals surface area contributed by atoms with Crippen molar-refractivity contribution in [2.45, 2.75) is 37.8 Å². The van der Waals surface area contributed by atoms with E-state index in [-0.39, 0.29) is 24.5 Å². The average Bonchev–Trinajstić information content (AvgIpc) is 3.27. The molecule has 1 aliphatic carbocycles. The first-order valence-corrected chi connectivity index (χ1v) is 8.26. The van der Waals surface area contributed by atoms with E-state index in [1.165, 1.54) is 12.8 Å². The minimum atomic E-state index is -0.162. The van der Waals surface area contributed by atoms with E-state index in [0.717, 1.165) is 31.1 Å². The van der Waals surface area contributed by atoms with Crippen LogP contribution in [0.3, 0.4) is 0 Å². The fraction of sp³-hybridized carbons (Fsp3) is 0.529. The number of amides is 2. The third-order valence-electron chi connectivity index (χ3n) is 4.69.